The molecule has 0 spiro atoms. The largest absolute Gasteiger partial charge is 0.370 e. The Morgan fingerprint density at radius 2 is 2.00 bits per heavy atom. The third kappa shape index (κ3) is 2.59. The van der Waals surface area contributed by atoms with E-state index < -0.39 is 8.24 Å². The van der Waals surface area contributed by atoms with Crippen LogP contribution in [0.1, 0.15) is 32.6 Å². The number of nitrogens with zero attached hydrogens (tertiary/aromatic N) is 1. The Hall–Kier alpha value is -0.313. The average Bonchev–Trinajstić information content (AvgIpc) is 2.25. The second kappa shape index (κ2) is 4.47. The van der Waals surface area contributed by atoms with Crippen molar-refractivity contribution in [2.45, 2.75) is 52.2 Å². The molecular weight excluding hydrogens is 190 g/mol. The lowest BCUT2D eigenvalue weighted by molar-refractivity contribution is -0.130. The maximum Gasteiger partial charge on any atom is 0.217 e. The van der Waals surface area contributed by atoms with Crippen LogP contribution in [0.25, 0.3) is 0 Å². The molecule has 1 heterocycles. The Labute approximate surface area is 88.8 Å². The molecule has 0 bridgehead atoms. The lowest BCUT2D eigenvalue weighted by atomic mass is 10.0. The molecule has 0 aromatic carbocycles. The molecule has 1 unspecified atom stereocenters. The van der Waals surface area contributed by atoms with Crippen molar-refractivity contribution >= 4 is 14.1 Å². The first-order valence-electron chi connectivity index (χ1n) is 5.78. The van der Waals surface area contributed by atoms with Crippen LogP contribution in [-0.4, -0.2) is 25.3 Å². The van der Waals surface area contributed by atoms with Gasteiger partial charge in [-0.2, -0.15) is 0 Å². The quantitative estimate of drug-likeness (QED) is 0.646. The zero-order chi connectivity index (χ0) is 10.8. The van der Waals surface area contributed by atoms with Crippen LogP contribution in [0, 0.1) is 5.92 Å². The van der Waals surface area contributed by atoms with Crippen LogP contribution in [-0.2, 0) is 4.79 Å². The number of rotatable bonds is 2. The summed E-state index contributed by atoms with van der Waals surface area (Å²) in [5.41, 5.74) is 0. The predicted molar refractivity (Wildman–Crippen MR) is 62.7 cm³/mol. The first-order chi connectivity index (χ1) is 6.46. The van der Waals surface area contributed by atoms with Gasteiger partial charge in [0.15, 0.2) is 8.24 Å². The van der Waals surface area contributed by atoms with Gasteiger partial charge in [0.2, 0.25) is 5.91 Å². The van der Waals surface area contributed by atoms with Crippen LogP contribution in [0.15, 0.2) is 0 Å². The standard InChI is InChI=1S/C11H23NOSi/c1-5-10-8-6-7-9-12(11(10)13)14(2,3)4/h10H,5-9H2,1-4H3. The van der Waals surface area contributed by atoms with Crippen LogP contribution in [0.2, 0.25) is 19.6 Å². The molecule has 0 aliphatic carbocycles. The van der Waals surface area contributed by atoms with Crippen molar-refractivity contribution in [1.82, 2.24) is 4.57 Å². The molecular formula is C11H23NOSi. The highest BCUT2D eigenvalue weighted by Gasteiger charge is 2.33. The molecule has 1 aliphatic heterocycles. The molecule has 0 aromatic heterocycles. The maximum absolute atomic E-state index is 12.2. The van der Waals surface area contributed by atoms with Gasteiger partial charge in [0, 0.05) is 12.5 Å². The number of carbonyl (C=O) groups is 1. The highest BCUT2D eigenvalue weighted by atomic mass is 28.3. The zero-order valence-electron chi connectivity index (χ0n) is 9.97. The smallest absolute Gasteiger partial charge is 0.217 e. The SMILES string of the molecule is CCC1CCCCN([Si](C)(C)C)C1=O. The summed E-state index contributed by atoms with van der Waals surface area (Å²) >= 11 is 0. The molecule has 14 heavy (non-hydrogen) atoms. The molecule has 0 saturated carbocycles. The summed E-state index contributed by atoms with van der Waals surface area (Å²) in [6, 6.07) is 0. The number of hydrogen-bond donors (Lipinski definition) is 0. The molecule has 0 radical (unpaired) electrons. The molecule has 1 saturated heterocycles. The van der Waals surface area contributed by atoms with Gasteiger partial charge in [0.25, 0.3) is 0 Å². The lowest BCUT2D eigenvalue weighted by Crippen LogP contribution is -2.51. The Kier molecular flexibility index (Phi) is 3.76. The molecule has 1 amide bonds. The predicted octanol–water partition coefficient (Wildman–Crippen LogP) is 2.86. The lowest BCUT2D eigenvalue weighted by Gasteiger charge is -2.35. The fraction of sp³-hybridized carbons (Fsp3) is 0.909. The number of amides is 1. The number of carbonyl (C=O) groups excluding carboxylic acids is 1. The highest BCUT2D eigenvalue weighted by Crippen LogP contribution is 2.24. The number of hydrogen-bond acceptors (Lipinski definition) is 1. The Morgan fingerprint density at radius 3 is 2.50 bits per heavy atom. The van der Waals surface area contributed by atoms with E-state index >= 15 is 0 Å². The van der Waals surface area contributed by atoms with Gasteiger partial charge >= 0.3 is 0 Å². The molecule has 1 atom stereocenters. The Morgan fingerprint density at radius 1 is 1.36 bits per heavy atom. The van der Waals surface area contributed by atoms with E-state index in [4.69, 9.17) is 0 Å². The van der Waals surface area contributed by atoms with Crippen molar-refractivity contribution in [3.63, 3.8) is 0 Å². The molecule has 0 aromatic rings. The molecule has 3 heteroatoms. The molecule has 1 rings (SSSR count). The van der Waals surface area contributed by atoms with Crippen molar-refractivity contribution < 1.29 is 4.79 Å². The van der Waals surface area contributed by atoms with Gasteiger partial charge < -0.3 is 4.57 Å². The van der Waals surface area contributed by atoms with Crippen molar-refractivity contribution in [2.24, 2.45) is 5.92 Å². The summed E-state index contributed by atoms with van der Waals surface area (Å²) < 4.78 is 2.20. The topological polar surface area (TPSA) is 20.3 Å². The van der Waals surface area contributed by atoms with E-state index in [9.17, 15) is 4.79 Å². The second-order valence-electron chi connectivity index (χ2n) is 5.26. The van der Waals surface area contributed by atoms with Gasteiger partial charge in [-0.25, -0.2) is 0 Å². The molecule has 2 nitrogen and oxygen atoms in total. The summed E-state index contributed by atoms with van der Waals surface area (Å²) in [4.78, 5) is 12.2. The van der Waals surface area contributed by atoms with Gasteiger partial charge in [0.1, 0.15) is 0 Å². The van der Waals surface area contributed by atoms with E-state index in [2.05, 4.69) is 31.1 Å². The normalized spacial score (nSPS) is 25.0. The first-order valence-corrected chi connectivity index (χ1v) is 9.23. The van der Waals surface area contributed by atoms with Crippen molar-refractivity contribution in [2.75, 3.05) is 6.54 Å². The minimum absolute atomic E-state index is 0.309. The summed E-state index contributed by atoms with van der Waals surface area (Å²) in [5, 5.41) is 0. The van der Waals surface area contributed by atoms with Crippen LogP contribution < -0.4 is 0 Å². The van der Waals surface area contributed by atoms with Gasteiger partial charge in [-0.15, -0.1) is 0 Å². The monoisotopic (exact) mass is 213 g/mol. The van der Waals surface area contributed by atoms with E-state index in [-0.39, 0.29) is 0 Å². The highest BCUT2D eigenvalue weighted by molar-refractivity contribution is 6.75. The third-order valence-corrected chi connectivity index (χ3v) is 5.17. The van der Waals surface area contributed by atoms with Crippen molar-refractivity contribution in [3.05, 3.63) is 0 Å². The van der Waals surface area contributed by atoms with Crippen LogP contribution in [0.3, 0.4) is 0 Å². The van der Waals surface area contributed by atoms with Crippen molar-refractivity contribution in [1.29, 1.82) is 0 Å². The fourth-order valence-corrected chi connectivity index (χ4v) is 3.83. The fourth-order valence-electron chi connectivity index (χ4n) is 2.16. The molecule has 82 valence electrons. The van der Waals surface area contributed by atoms with Gasteiger partial charge in [-0.3, -0.25) is 4.79 Å². The van der Waals surface area contributed by atoms with Gasteiger partial charge in [-0.05, 0) is 19.3 Å². The van der Waals surface area contributed by atoms with E-state index in [1.807, 2.05) is 0 Å². The average molecular weight is 213 g/mol. The molecule has 1 aliphatic rings. The summed E-state index contributed by atoms with van der Waals surface area (Å²) in [6.45, 7) is 9.94. The maximum atomic E-state index is 12.2. The van der Waals surface area contributed by atoms with Gasteiger partial charge in [0.05, 0.1) is 0 Å². The molecule has 0 N–H and O–H groups in total. The van der Waals surface area contributed by atoms with Crippen molar-refractivity contribution in [3.8, 4) is 0 Å². The minimum Gasteiger partial charge on any atom is -0.370 e. The van der Waals surface area contributed by atoms with E-state index in [0.29, 0.717) is 11.8 Å². The van der Waals surface area contributed by atoms with Crippen LogP contribution in [0.4, 0.5) is 0 Å². The van der Waals surface area contributed by atoms with E-state index in [1.54, 1.807) is 0 Å². The van der Waals surface area contributed by atoms with Gasteiger partial charge in [-0.1, -0.05) is 33.0 Å². The summed E-state index contributed by atoms with van der Waals surface area (Å²) in [5.74, 6) is 0.744. The Balaban J connectivity index is 2.78. The van der Waals surface area contributed by atoms with E-state index in [0.717, 1.165) is 19.4 Å². The van der Waals surface area contributed by atoms with Crippen LogP contribution in [0.5, 0.6) is 0 Å². The Bertz CT molecular complexity index is 210. The summed E-state index contributed by atoms with van der Waals surface area (Å²) in [6.07, 6.45) is 4.55. The molecule has 1 fully saturated rings. The second-order valence-corrected chi connectivity index (χ2v) is 10.1. The minimum atomic E-state index is -1.43. The first kappa shape index (κ1) is 11.8. The van der Waals surface area contributed by atoms with Crippen LogP contribution >= 0.6 is 0 Å². The van der Waals surface area contributed by atoms with E-state index in [1.165, 1.54) is 12.8 Å². The third-order valence-electron chi connectivity index (χ3n) is 3.10. The zero-order valence-corrected chi connectivity index (χ0v) is 11.0. The summed E-state index contributed by atoms with van der Waals surface area (Å²) in [7, 11) is -1.43.